The highest BCUT2D eigenvalue weighted by atomic mass is 79.9. The molecule has 0 aromatic heterocycles. The molecule has 1 aromatic rings. The maximum atomic E-state index is 11.8. The van der Waals surface area contributed by atoms with Gasteiger partial charge in [-0.2, -0.15) is 0 Å². The number of amides is 2. The zero-order valence-electron chi connectivity index (χ0n) is 10.3. The van der Waals surface area contributed by atoms with Gasteiger partial charge >= 0.3 is 6.03 Å². The second-order valence-electron chi connectivity index (χ2n) is 4.44. The van der Waals surface area contributed by atoms with Gasteiger partial charge in [0.15, 0.2) is 0 Å². The third-order valence-electron chi connectivity index (χ3n) is 2.99. The number of urea groups is 1. The Labute approximate surface area is 115 Å². The average molecular weight is 313 g/mol. The highest BCUT2D eigenvalue weighted by Gasteiger charge is 2.16. The molecular formula is C13H17BrN2O2. The average Bonchev–Trinajstić information content (AvgIpc) is 2.34. The molecule has 98 valence electrons. The fourth-order valence-corrected chi connectivity index (χ4v) is 2.43. The minimum atomic E-state index is -0.146. The van der Waals surface area contributed by atoms with Crippen LogP contribution in [-0.2, 0) is 4.74 Å². The van der Waals surface area contributed by atoms with Crippen molar-refractivity contribution < 1.29 is 9.53 Å². The molecule has 4 nitrogen and oxygen atoms in total. The molecule has 2 N–H and O–H groups in total. The summed E-state index contributed by atoms with van der Waals surface area (Å²) in [7, 11) is 0. The van der Waals surface area contributed by atoms with Gasteiger partial charge in [-0.05, 0) is 43.5 Å². The summed E-state index contributed by atoms with van der Waals surface area (Å²) in [5, 5.41) is 5.84. The van der Waals surface area contributed by atoms with Gasteiger partial charge in [-0.15, -0.1) is 0 Å². The van der Waals surface area contributed by atoms with E-state index in [2.05, 4.69) is 26.6 Å². The first kappa shape index (κ1) is 13.4. The van der Waals surface area contributed by atoms with Crippen LogP contribution >= 0.6 is 15.9 Å². The summed E-state index contributed by atoms with van der Waals surface area (Å²) in [6, 6.07) is 5.85. The van der Waals surface area contributed by atoms with E-state index in [4.69, 9.17) is 4.74 Å². The lowest BCUT2D eigenvalue weighted by Crippen LogP contribution is -2.41. The molecule has 1 aliphatic heterocycles. The van der Waals surface area contributed by atoms with E-state index in [1.54, 1.807) is 0 Å². The summed E-state index contributed by atoms with van der Waals surface area (Å²) >= 11 is 3.40. The summed E-state index contributed by atoms with van der Waals surface area (Å²) in [5.41, 5.74) is 1.87. The smallest absolute Gasteiger partial charge is 0.319 e. The van der Waals surface area contributed by atoms with Crippen molar-refractivity contribution in [3.63, 3.8) is 0 Å². The molecule has 1 aromatic carbocycles. The number of benzene rings is 1. The molecule has 2 rings (SSSR count). The minimum absolute atomic E-state index is 0.146. The Balaban J connectivity index is 1.90. The number of carbonyl (C=O) groups is 1. The number of halogens is 1. The van der Waals surface area contributed by atoms with Crippen molar-refractivity contribution in [2.24, 2.45) is 0 Å². The van der Waals surface area contributed by atoms with Crippen LogP contribution in [-0.4, -0.2) is 25.3 Å². The summed E-state index contributed by atoms with van der Waals surface area (Å²) in [5.74, 6) is 0. The van der Waals surface area contributed by atoms with Gasteiger partial charge in [-0.25, -0.2) is 4.79 Å². The fraction of sp³-hybridized carbons (Fsp3) is 0.462. The largest absolute Gasteiger partial charge is 0.381 e. The maximum absolute atomic E-state index is 11.8. The molecule has 0 saturated carbocycles. The highest BCUT2D eigenvalue weighted by molar-refractivity contribution is 9.10. The zero-order chi connectivity index (χ0) is 13.0. The lowest BCUT2D eigenvalue weighted by Gasteiger charge is -2.23. The van der Waals surface area contributed by atoms with E-state index in [1.165, 1.54) is 0 Å². The standard InChI is InChI=1S/C13H17BrN2O2/c1-9-8-10(14)2-3-12(9)16-13(17)15-11-4-6-18-7-5-11/h2-3,8,11H,4-7H2,1H3,(H2,15,16,17). The maximum Gasteiger partial charge on any atom is 0.319 e. The van der Waals surface area contributed by atoms with Gasteiger partial charge in [-0.1, -0.05) is 15.9 Å². The first-order valence-corrected chi connectivity index (χ1v) is 6.86. The van der Waals surface area contributed by atoms with E-state index in [9.17, 15) is 4.79 Å². The molecule has 2 amide bonds. The lowest BCUT2D eigenvalue weighted by atomic mass is 10.1. The van der Waals surface area contributed by atoms with Gasteiger partial charge in [-0.3, -0.25) is 0 Å². The number of ether oxygens (including phenoxy) is 1. The van der Waals surface area contributed by atoms with Crippen molar-refractivity contribution in [2.45, 2.75) is 25.8 Å². The highest BCUT2D eigenvalue weighted by Crippen LogP contribution is 2.20. The van der Waals surface area contributed by atoms with Gasteiger partial charge in [0.1, 0.15) is 0 Å². The Morgan fingerprint density at radius 2 is 2.11 bits per heavy atom. The van der Waals surface area contributed by atoms with Crippen LogP contribution in [0.4, 0.5) is 10.5 Å². The SMILES string of the molecule is Cc1cc(Br)ccc1NC(=O)NC1CCOCC1. The quantitative estimate of drug-likeness (QED) is 0.881. The molecule has 0 atom stereocenters. The van der Waals surface area contributed by atoms with Gasteiger partial charge in [0.2, 0.25) is 0 Å². The molecule has 18 heavy (non-hydrogen) atoms. The molecular weight excluding hydrogens is 296 g/mol. The molecule has 1 saturated heterocycles. The zero-order valence-corrected chi connectivity index (χ0v) is 11.9. The molecule has 0 spiro atoms. The molecule has 0 aliphatic carbocycles. The molecule has 1 heterocycles. The van der Waals surface area contributed by atoms with E-state index >= 15 is 0 Å². The van der Waals surface area contributed by atoms with Gasteiger partial charge in [0.05, 0.1) is 0 Å². The van der Waals surface area contributed by atoms with E-state index < -0.39 is 0 Å². The Morgan fingerprint density at radius 3 is 2.78 bits per heavy atom. The van der Waals surface area contributed by atoms with Crippen LogP contribution in [0.3, 0.4) is 0 Å². The lowest BCUT2D eigenvalue weighted by molar-refractivity contribution is 0.0806. The van der Waals surface area contributed by atoms with Crippen LogP contribution in [0.15, 0.2) is 22.7 Å². The fourth-order valence-electron chi connectivity index (χ4n) is 1.95. The second-order valence-corrected chi connectivity index (χ2v) is 5.36. The predicted octanol–water partition coefficient (Wildman–Crippen LogP) is 3.06. The second kappa shape index (κ2) is 6.20. The first-order chi connectivity index (χ1) is 8.65. The Morgan fingerprint density at radius 1 is 1.39 bits per heavy atom. The van der Waals surface area contributed by atoms with E-state index in [1.807, 2.05) is 25.1 Å². The topological polar surface area (TPSA) is 50.4 Å². The number of carbonyl (C=O) groups excluding carboxylic acids is 1. The van der Waals surface area contributed by atoms with Crippen molar-refractivity contribution >= 4 is 27.6 Å². The Bertz CT molecular complexity index is 431. The van der Waals surface area contributed by atoms with Crippen LogP contribution in [0, 0.1) is 6.92 Å². The predicted molar refractivity (Wildman–Crippen MR) is 74.9 cm³/mol. The number of rotatable bonds is 2. The summed E-state index contributed by atoms with van der Waals surface area (Å²) < 4.78 is 6.26. The Hall–Kier alpha value is -1.07. The van der Waals surface area contributed by atoms with Gasteiger partial charge < -0.3 is 15.4 Å². The summed E-state index contributed by atoms with van der Waals surface area (Å²) in [4.78, 5) is 11.8. The van der Waals surface area contributed by atoms with Crippen molar-refractivity contribution in [3.8, 4) is 0 Å². The summed E-state index contributed by atoms with van der Waals surface area (Å²) in [6.07, 6.45) is 1.76. The number of hydrogen-bond acceptors (Lipinski definition) is 2. The Kier molecular flexibility index (Phi) is 4.60. The van der Waals surface area contributed by atoms with E-state index in [0.717, 1.165) is 41.8 Å². The van der Waals surface area contributed by atoms with Gasteiger partial charge in [0.25, 0.3) is 0 Å². The van der Waals surface area contributed by atoms with Crippen molar-refractivity contribution in [1.82, 2.24) is 5.32 Å². The van der Waals surface area contributed by atoms with Crippen molar-refractivity contribution in [3.05, 3.63) is 28.2 Å². The minimum Gasteiger partial charge on any atom is -0.381 e. The third-order valence-corrected chi connectivity index (χ3v) is 3.49. The van der Waals surface area contributed by atoms with Crippen LogP contribution in [0.25, 0.3) is 0 Å². The number of anilines is 1. The normalized spacial score (nSPS) is 16.3. The number of nitrogens with one attached hydrogen (secondary N) is 2. The van der Waals surface area contributed by atoms with Crippen molar-refractivity contribution in [2.75, 3.05) is 18.5 Å². The van der Waals surface area contributed by atoms with Crippen molar-refractivity contribution in [1.29, 1.82) is 0 Å². The van der Waals surface area contributed by atoms with E-state index in [0.29, 0.717) is 0 Å². The molecule has 0 radical (unpaired) electrons. The van der Waals surface area contributed by atoms with Crippen LogP contribution in [0.5, 0.6) is 0 Å². The molecule has 5 heteroatoms. The first-order valence-electron chi connectivity index (χ1n) is 6.06. The van der Waals surface area contributed by atoms with Gasteiger partial charge in [0, 0.05) is 29.4 Å². The van der Waals surface area contributed by atoms with Crippen LogP contribution < -0.4 is 10.6 Å². The summed E-state index contributed by atoms with van der Waals surface area (Å²) in [6.45, 7) is 3.42. The van der Waals surface area contributed by atoms with Crippen LogP contribution in [0.2, 0.25) is 0 Å². The number of hydrogen-bond donors (Lipinski definition) is 2. The monoisotopic (exact) mass is 312 g/mol. The molecule has 0 bridgehead atoms. The number of aryl methyl sites for hydroxylation is 1. The van der Waals surface area contributed by atoms with E-state index in [-0.39, 0.29) is 12.1 Å². The van der Waals surface area contributed by atoms with Crippen LogP contribution in [0.1, 0.15) is 18.4 Å². The third kappa shape index (κ3) is 3.71. The molecule has 1 aliphatic rings. The molecule has 1 fully saturated rings. The molecule has 0 unspecified atom stereocenters.